The smallest absolute Gasteiger partial charge is 0.337 e. The number of anilines is 1. The Labute approximate surface area is 106 Å². The number of nitrogens with zero attached hydrogens (tertiary/aromatic N) is 1. The topological polar surface area (TPSA) is 79.4 Å². The molecule has 0 aromatic heterocycles. The van der Waals surface area contributed by atoms with Crippen molar-refractivity contribution in [2.45, 2.75) is 12.8 Å². The maximum absolute atomic E-state index is 11.6. The van der Waals surface area contributed by atoms with E-state index >= 15 is 0 Å². The lowest BCUT2D eigenvalue weighted by Gasteiger charge is -2.19. The van der Waals surface area contributed by atoms with Gasteiger partial charge in [-0.05, 0) is 31.0 Å². The van der Waals surface area contributed by atoms with Crippen LogP contribution < -0.4 is 10.6 Å². The fraction of sp³-hybridized carbons (Fsp3) is 0.385. The highest BCUT2D eigenvalue weighted by molar-refractivity contribution is 5.99. The average Bonchev–Trinajstić information content (AvgIpc) is 2.91. The second-order valence-electron chi connectivity index (χ2n) is 4.37. The Balaban J connectivity index is 2.42. The predicted molar refractivity (Wildman–Crippen MR) is 70.2 cm³/mol. The molecule has 18 heavy (non-hydrogen) atoms. The molecule has 1 aliphatic rings. The normalized spacial score (nSPS) is 14.6. The molecule has 0 amide bonds. The monoisotopic (exact) mass is 247 g/mol. The first-order valence-electron chi connectivity index (χ1n) is 5.94. The largest absolute Gasteiger partial charge is 0.465 e. The van der Waals surface area contributed by atoms with E-state index in [4.69, 9.17) is 15.9 Å². The summed E-state index contributed by atoms with van der Waals surface area (Å²) >= 11 is 0. The van der Waals surface area contributed by atoms with Crippen LogP contribution in [-0.4, -0.2) is 32.0 Å². The van der Waals surface area contributed by atoms with Gasteiger partial charge in [0, 0.05) is 24.3 Å². The molecule has 0 saturated carbocycles. The third-order valence-electron chi connectivity index (χ3n) is 3.12. The van der Waals surface area contributed by atoms with Crippen LogP contribution in [0.3, 0.4) is 0 Å². The quantitative estimate of drug-likeness (QED) is 0.480. The molecule has 0 unspecified atom stereocenters. The van der Waals surface area contributed by atoms with Gasteiger partial charge in [0.1, 0.15) is 5.84 Å². The third-order valence-corrected chi connectivity index (χ3v) is 3.12. The summed E-state index contributed by atoms with van der Waals surface area (Å²) in [5.74, 6) is -0.445. The molecule has 1 aliphatic heterocycles. The van der Waals surface area contributed by atoms with Gasteiger partial charge in [0.05, 0.1) is 12.7 Å². The molecular formula is C13H17N3O2. The number of methoxy groups -OCH3 is 1. The first kappa shape index (κ1) is 12.4. The van der Waals surface area contributed by atoms with E-state index in [-0.39, 0.29) is 5.84 Å². The number of carbonyl (C=O) groups is 1. The molecule has 1 fully saturated rings. The van der Waals surface area contributed by atoms with E-state index in [9.17, 15) is 4.79 Å². The molecule has 0 bridgehead atoms. The Bertz CT molecular complexity index is 479. The van der Waals surface area contributed by atoms with Crippen molar-refractivity contribution in [2.24, 2.45) is 5.73 Å². The van der Waals surface area contributed by atoms with Crippen molar-refractivity contribution < 1.29 is 9.53 Å². The fourth-order valence-electron chi connectivity index (χ4n) is 2.16. The van der Waals surface area contributed by atoms with Crippen LogP contribution in [-0.2, 0) is 4.74 Å². The van der Waals surface area contributed by atoms with Gasteiger partial charge in [-0.1, -0.05) is 0 Å². The van der Waals surface area contributed by atoms with Gasteiger partial charge in [0.15, 0.2) is 0 Å². The second-order valence-corrected chi connectivity index (χ2v) is 4.37. The first-order valence-corrected chi connectivity index (χ1v) is 5.94. The highest BCUT2D eigenvalue weighted by Gasteiger charge is 2.16. The van der Waals surface area contributed by atoms with Crippen LogP contribution in [0, 0.1) is 5.41 Å². The summed E-state index contributed by atoms with van der Waals surface area (Å²) in [6, 6.07) is 5.23. The van der Waals surface area contributed by atoms with Gasteiger partial charge < -0.3 is 15.4 Å². The molecule has 0 aliphatic carbocycles. The molecule has 1 aromatic rings. The summed E-state index contributed by atoms with van der Waals surface area (Å²) in [5, 5.41) is 7.50. The second kappa shape index (κ2) is 5.08. The minimum absolute atomic E-state index is 0.0406. The lowest BCUT2D eigenvalue weighted by atomic mass is 10.1. The average molecular weight is 247 g/mol. The van der Waals surface area contributed by atoms with Crippen LogP contribution in [0.4, 0.5) is 5.69 Å². The molecule has 1 aromatic carbocycles. The molecule has 0 atom stereocenters. The summed E-state index contributed by atoms with van der Waals surface area (Å²) in [6.45, 7) is 1.95. The van der Waals surface area contributed by atoms with E-state index in [1.165, 1.54) is 7.11 Å². The number of ether oxygens (including phenoxy) is 1. The summed E-state index contributed by atoms with van der Waals surface area (Å²) in [6.07, 6.45) is 2.30. The van der Waals surface area contributed by atoms with Gasteiger partial charge in [-0.3, -0.25) is 5.41 Å². The molecule has 3 N–H and O–H groups in total. The van der Waals surface area contributed by atoms with Crippen LogP contribution in [0.25, 0.3) is 0 Å². The maximum atomic E-state index is 11.6. The van der Waals surface area contributed by atoms with Crippen LogP contribution in [0.15, 0.2) is 18.2 Å². The van der Waals surface area contributed by atoms with E-state index in [1.807, 2.05) is 6.07 Å². The van der Waals surface area contributed by atoms with Crippen LogP contribution in [0.2, 0.25) is 0 Å². The van der Waals surface area contributed by atoms with Crippen molar-refractivity contribution in [3.8, 4) is 0 Å². The molecule has 0 spiro atoms. The minimum Gasteiger partial charge on any atom is -0.465 e. The summed E-state index contributed by atoms with van der Waals surface area (Å²) in [4.78, 5) is 13.8. The van der Waals surface area contributed by atoms with Crippen LogP contribution in [0.1, 0.15) is 28.8 Å². The van der Waals surface area contributed by atoms with Crippen LogP contribution in [0.5, 0.6) is 0 Å². The van der Waals surface area contributed by atoms with E-state index in [1.54, 1.807) is 12.1 Å². The minimum atomic E-state index is -0.404. The van der Waals surface area contributed by atoms with Gasteiger partial charge >= 0.3 is 5.97 Å². The number of hydrogen-bond donors (Lipinski definition) is 2. The zero-order valence-corrected chi connectivity index (χ0v) is 10.4. The van der Waals surface area contributed by atoms with E-state index in [2.05, 4.69) is 4.90 Å². The molecule has 5 heteroatoms. The molecule has 0 radical (unpaired) electrons. The predicted octanol–water partition coefficient (Wildman–Crippen LogP) is 1.36. The molecule has 5 nitrogen and oxygen atoms in total. The van der Waals surface area contributed by atoms with Crippen molar-refractivity contribution in [2.75, 3.05) is 25.1 Å². The number of esters is 1. The lowest BCUT2D eigenvalue weighted by Crippen LogP contribution is -2.20. The maximum Gasteiger partial charge on any atom is 0.337 e. The number of rotatable bonds is 3. The summed E-state index contributed by atoms with van der Waals surface area (Å²) in [5.41, 5.74) is 7.43. The number of nitrogen functional groups attached to an aromatic ring is 1. The number of nitrogens with two attached hydrogens (primary N) is 1. The van der Waals surface area contributed by atoms with Crippen molar-refractivity contribution in [1.29, 1.82) is 5.41 Å². The third kappa shape index (κ3) is 2.45. The summed E-state index contributed by atoms with van der Waals surface area (Å²) < 4.78 is 4.72. The van der Waals surface area contributed by atoms with Crippen molar-refractivity contribution in [3.63, 3.8) is 0 Å². The van der Waals surface area contributed by atoms with Gasteiger partial charge in [0.25, 0.3) is 0 Å². The number of amidine groups is 1. The molecule has 1 heterocycles. The van der Waals surface area contributed by atoms with Gasteiger partial charge in [0.2, 0.25) is 0 Å². The van der Waals surface area contributed by atoms with E-state index in [0.29, 0.717) is 11.1 Å². The number of carbonyl (C=O) groups excluding carboxylic acids is 1. The van der Waals surface area contributed by atoms with Crippen molar-refractivity contribution in [1.82, 2.24) is 0 Å². The standard InChI is InChI=1S/C13H17N3O2/c1-18-13(17)10-6-9(12(14)15)7-11(8-10)16-4-2-3-5-16/h6-8H,2-5H2,1H3,(H3,14,15). The zero-order valence-electron chi connectivity index (χ0n) is 10.4. The Morgan fingerprint density at radius 3 is 2.44 bits per heavy atom. The highest BCUT2D eigenvalue weighted by Crippen LogP contribution is 2.23. The molecule has 96 valence electrons. The Morgan fingerprint density at radius 2 is 1.89 bits per heavy atom. The highest BCUT2D eigenvalue weighted by atomic mass is 16.5. The Kier molecular flexibility index (Phi) is 3.50. The fourth-order valence-corrected chi connectivity index (χ4v) is 2.16. The Morgan fingerprint density at radius 1 is 1.28 bits per heavy atom. The van der Waals surface area contributed by atoms with Crippen LogP contribution >= 0.6 is 0 Å². The zero-order chi connectivity index (χ0) is 13.1. The SMILES string of the molecule is COC(=O)c1cc(C(=N)N)cc(N2CCCC2)c1. The lowest BCUT2D eigenvalue weighted by molar-refractivity contribution is 0.0601. The van der Waals surface area contributed by atoms with E-state index < -0.39 is 5.97 Å². The van der Waals surface area contributed by atoms with Crippen molar-refractivity contribution >= 4 is 17.5 Å². The molecule has 1 saturated heterocycles. The Hall–Kier alpha value is -2.04. The van der Waals surface area contributed by atoms with Gasteiger partial charge in [-0.15, -0.1) is 0 Å². The summed E-state index contributed by atoms with van der Waals surface area (Å²) in [7, 11) is 1.35. The van der Waals surface area contributed by atoms with Gasteiger partial charge in [-0.2, -0.15) is 0 Å². The molecular weight excluding hydrogens is 230 g/mol. The van der Waals surface area contributed by atoms with E-state index in [0.717, 1.165) is 31.6 Å². The first-order chi connectivity index (χ1) is 8.61. The van der Waals surface area contributed by atoms with Gasteiger partial charge in [-0.25, -0.2) is 4.79 Å². The number of hydrogen-bond acceptors (Lipinski definition) is 4. The molecule has 2 rings (SSSR count). The number of benzene rings is 1. The number of nitrogens with one attached hydrogen (secondary N) is 1. The van der Waals surface area contributed by atoms with Crippen molar-refractivity contribution in [3.05, 3.63) is 29.3 Å².